The van der Waals surface area contributed by atoms with Gasteiger partial charge in [-0.1, -0.05) is 24.3 Å². The van der Waals surface area contributed by atoms with E-state index in [-0.39, 0.29) is 11.7 Å². The average molecular weight is 403 g/mol. The number of benzene rings is 2. The van der Waals surface area contributed by atoms with Crippen molar-refractivity contribution in [3.63, 3.8) is 0 Å². The molecule has 152 valence electrons. The Morgan fingerprint density at radius 1 is 1.03 bits per heavy atom. The molecular weight excluding hydrogens is 381 g/mol. The number of fused-ring (bicyclic) bond motifs is 1. The summed E-state index contributed by atoms with van der Waals surface area (Å²) < 4.78 is 14.4. The molecule has 1 amide bonds. The molecule has 30 heavy (non-hydrogen) atoms. The standard InChI is InChI=1S/C24H22FN3O2/c1-17(29)20-7-9-22(21(25)16-20)27-12-14-28(15-13-27)23(30)10-8-19-5-2-4-18-6-3-11-26-24(18)19/h2-11,16H,12-15H2,1H3. The van der Waals surface area contributed by atoms with E-state index in [1.807, 2.05) is 35.2 Å². The fourth-order valence-corrected chi connectivity index (χ4v) is 3.68. The Morgan fingerprint density at radius 3 is 2.53 bits per heavy atom. The summed E-state index contributed by atoms with van der Waals surface area (Å²) in [6, 6.07) is 14.3. The van der Waals surface area contributed by atoms with Gasteiger partial charge in [0.2, 0.25) is 5.91 Å². The van der Waals surface area contributed by atoms with Crippen LogP contribution in [-0.2, 0) is 4.79 Å². The molecule has 0 N–H and O–H groups in total. The molecule has 4 rings (SSSR count). The van der Waals surface area contributed by atoms with Gasteiger partial charge in [0.25, 0.3) is 0 Å². The number of halogens is 1. The van der Waals surface area contributed by atoms with E-state index in [1.165, 1.54) is 13.0 Å². The van der Waals surface area contributed by atoms with Crippen LogP contribution in [0.2, 0.25) is 0 Å². The van der Waals surface area contributed by atoms with Crippen molar-refractivity contribution < 1.29 is 14.0 Å². The molecule has 2 heterocycles. The van der Waals surface area contributed by atoms with Gasteiger partial charge in [-0.15, -0.1) is 0 Å². The second-order valence-electron chi connectivity index (χ2n) is 7.29. The molecule has 0 radical (unpaired) electrons. The van der Waals surface area contributed by atoms with Gasteiger partial charge in [-0.25, -0.2) is 4.39 Å². The number of piperazine rings is 1. The van der Waals surface area contributed by atoms with Gasteiger partial charge in [0.1, 0.15) is 5.82 Å². The summed E-state index contributed by atoms with van der Waals surface area (Å²) in [6.07, 6.45) is 5.11. The summed E-state index contributed by atoms with van der Waals surface area (Å²) in [4.78, 5) is 32.1. The van der Waals surface area contributed by atoms with Crippen LogP contribution in [-0.4, -0.2) is 47.8 Å². The maximum Gasteiger partial charge on any atom is 0.246 e. The van der Waals surface area contributed by atoms with E-state index < -0.39 is 5.82 Å². The first-order valence-corrected chi connectivity index (χ1v) is 9.89. The van der Waals surface area contributed by atoms with E-state index >= 15 is 0 Å². The van der Waals surface area contributed by atoms with Crippen LogP contribution < -0.4 is 4.90 Å². The zero-order chi connectivity index (χ0) is 21.1. The van der Waals surface area contributed by atoms with Gasteiger partial charge >= 0.3 is 0 Å². The number of pyridine rings is 1. The van der Waals surface area contributed by atoms with Crippen molar-refractivity contribution in [3.05, 3.63) is 77.7 Å². The largest absolute Gasteiger partial charge is 0.366 e. The third-order valence-corrected chi connectivity index (χ3v) is 5.36. The van der Waals surface area contributed by atoms with Crippen molar-refractivity contribution in [1.29, 1.82) is 0 Å². The van der Waals surface area contributed by atoms with E-state index in [2.05, 4.69) is 4.98 Å². The van der Waals surface area contributed by atoms with Gasteiger partial charge in [0, 0.05) is 55.0 Å². The number of rotatable bonds is 4. The number of ketones is 1. The second kappa shape index (κ2) is 8.45. The Morgan fingerprint density at radius 2 is 1.80 bits per heavy atom. The normalized spacial score (nSPS) is 14.5. The zero-order valence-corrected chi connectivity index (χ0v) is 16.7. The van der Waals surface area contributed by atoms with Gasteiger partial charge in [0.15, 0.2) is 5.78 Å². The number of amides is 1. The Hall–Kier alpha value is -3.54. The number of carbonyl (C=O) groups excluding carboxylic acids is 2. The predicted molar refractivity (Wildman–Crippen MR) is 116 cm³/mol. The van der Waals surface area contributed by atoms with E-state index in [0.29, 0.717) is 37.4 Å². The van der Waals surface area contributed by atoms with Gasteiger partial charge in [-0.3, -0.25) is 14.6 Å². The molecule has 0 aliphatic carbocycles. The summed E-state index contributed by atoms with van der Waals surface area (Å²) >= 11 is 0. The number of Topliss-reactive ketones (excluding diaryl/α,β-unsaturated/α-hetero) is 1. The highest BCUT2D eigenvalue weighted by atomic mass is 19.1. The maximum atomic E-state index is 14.4. The number of anilines is 1. The summed E-state index contributed by atoms with van der Waals surface area (Å²) in [5.41, 5.74) is 2.58. The van der Waals surface area contributed by atoms with E-state index in [4.69, 9.17) is 0 Å². The van der Waals surface area contributed by atoms with Crippen molar-refractivity contribution in [2.75, 3.05) is 31.1 Å². The predicted octanol–water partition coefficient (Wildman–Crippen LogP) is 3.94. The van der Waals surface area contributed by atoms with Crippen LogP contribution in [0.5, 0.6) is 0 Å². The topological polar surface area (TPSA) is 53.5 Å². The first-order valence-electron chi connectivity index (χ1n) is 9.89. The van der Waals surface area contributed by atoms with E-state index in [0.717, 1.165) is 16.5 Å². The van der Waals surface area contributed by atoms with Crippen molar-refractivity contribution >= 4 is 34.4 Å². The smallest absolute Gasteiger partial charge is 0.246 e. The number of para-hydroxylation sites is 1. The average Bonchev–Trinajstić information content (AvgIpc) is 2.77. The third-order valence-electron chi connectivity index (χ3n) is 5.36. The molecule has 2 aromatic carbocycles. The summed E-state index contributed by atoms with van der Waals surface area (Å²) in [7, 11) is 0. The Balaban J connectivity index is 1.41. The lowest BCUT2D eigenvalue weighted by atomic mass is 10.1. The maximum absolute atomic E-state index is 14.4. The summed E-state index contributed by atoms with van der Waals surface area (Å²) in [5, 5.41) is 1.03. The van der Waals surface area contributed by atoms with Gasteiger partial charge in [0.05, 0.1) is 11.2 Å². The van der Waals surface area contributed by atoms with Crippen LogP contribution in [0.15, 0.2) is 60.8 Å². The molecule has 1 aliphatic heterocycles. The van der Waals surface area contributed by atoms with Crippen LogP contribution in [0.1, 0.15) is 22.8 Å². The molecule has 1 aromatic heterocycles. The van der Waals surface area contributed by atoms with Gasteiger partial charge in [-0.2, -0.15) is 0 Å². The van der Waals surface area contributed by atoms with E-state index in [1.54, 1.807) is 35.4 Å². The van der Waals surface area contributed by atoms with Crippen LogP contribution in [0.25, 0.3) is 17.0 Å². The van der Waals surface area contributed by atoms with Crippen molar-refractivity contribution in [3.8, 4) is 0 Å². The molecule has 0 saturated carbocycles. The minimum absolute atomic E-state index is 0.0741. The molecule has 1 saturated heterocycles. The third kappa shape index (κ3) is 4.08. The molecule has 0 unspecified atom stereocenters. The van der Waals surface area contributed by atoms with Crippen LogP contribution >= 0.6 is 0 Å². The Kier molecular flexibility index (Phi) is 5.57. The van der Waals surface area contributed by atoms with Crippen molar-refractivity contribution in [1.82, 2.24) is 9.88 Å². The van der Waals surface area contributed by atoms with Gasteiger partial charge < -0.3 is 9.80 Å². The quantitative estimate of drug-likeness (QED) is 0.489. The number of carbonyl (C=O) groups is 2. The van der Waals surface area contributed by atoms with Gasteiger partial charge in [-0.05, 0) is 37.3 Å². The molecule has 5 nitrogen and oxygen atoms in total. The first-order chi connectivity index (χ1) is 14.5. The molecular formula is C24H22FN3O2. The molecule has 1 fully saturated rings. The van der Waals surface area contributed by atoms with Crippen LogP contribution in [0, 0.1) is 5.82 Å². The second-order valence-corrected chi connectivity index (χ2v) is 7.29. The minimum Gasteiger partial charge on any atom is -0.366 e. The van der Waals surface area contributed by atoms with Crippen molar-refractivity contribution in [2.24, 2.45) is 0 Å². The Labute approximate surface area is 174 Å². The molecule has 0 spiro atoms. The number of hydrogen-bond donors (Lipinski definition) is 0. The highest BCUT2D eigenvalue weighted by Gasteiger charge is 2.22. The van der Waals surface area contributed by atoms with Crippen LogP contribution in [0.4, 0.5) is 10.1 Å². The SMILES string of the molecule is CC(=O)c1ccc(N2CCN(C(=O)C=Cc3cccc4cccnc34)CC2)c(F)c1. The summed E-state index contributed by atoms with van der Waals surface area (Å²) in [6.45, 7) is 3.49. The summed E-state index contributed by atoms with van der Waals surface area (Å²) in [5.74, 6) is -0.648. The number of aromatic nitrogens is 1. The molecule has 1 aliphatic rings. The first kappa shape index (κ1) is 19.8. The number of nitrogens with zero attached hydrogens (tertiary/aromatic N) is 3. The molecule has 3 aromatic rings. The minimum atomic E-state index is -0.411. The zero-order valence-electron chi connectivity index (χ0n) is 16.7. The lowest BCUT2D eigenvalue weighted by molar-refractivity contribution is -0.126. The van der Waals surface area contributed by atoms with Crippen molar-refractivity contribution in [2.45, 2.75) is 6.92 Å². The highest BCUT2D eigenvalue weighted by molar-refractivity contribution is 5.96. The van der Waals surface area contributed by atoms with E-state index in [9.17, 15) is 14.0 Å². The fraction of sp³-hybridized carbons (Fsp3) is 0.208. The number of hydrogen-bond acceptors (Lipinski definition) is 4. The lowest BCUT2D eigenvalue weighted by Crippen LogP contribution is -2.48. The lowest BCUT2D eigenvalue weighted by Gasteiger charge is -2.35. The highest BCUT2D eigenvalue weighted by Crippen LogP contribution is 2.23. The fourth-order valence-electron chi connectivity index (χ4n) is 3.68. The Bertz CT molecular complexity index is 1130. The monoisotopic (exact) mass is 403 g/mol. The molecule has 6 heteroatoms. The van der Waals surface area contributed by atoms with Crippen LogP contribution in [0.3, 0.4) is 0 Å². The molecule has 0 bridgehead atoms. The molecule has 0 atom stereocenters.